The predicted octanol–water partition coefficient (Wildman–Crippen LogP) is 2.01. The largest absolute Gasteiger partial charge is 0.381 e. The lowest BCUT2D eigenvalue weighted by Crippen LogP contribution is -2.25. The number of ketones is 1. The number of carbonyl (C=O) groups excluding carboxylic acids is 2. The number of rotatable bonds is 3. The Hall–Kier alpha value is -3.00. The maximum Gasteiger partial charge on any atom is 0.306 e. The third kappa shape index (κ3) is 3.43. The van der Waals surface area contributed by atoms with Gasteiger partial charge in [-0.3, -0.25) is 19.5 Å². The number of nitrogens with zero attached hydrogens (tertiary/aromatic N) is 2. The average molecular weight is 358 g/mol. The molecule has 0 saturated carbocycles. The molecule has 25 heavy (non-hydrogen) atoms. The van der Waals surface area contributed by atoms with Crippen molar-refractivity contribution in [3.05, 3.63) is 59.5 Å². The summed E-state index contributed by atoms with van der Waals surface area (Å²) in [6.07, 6.45) is 3.65. The van der Waals surface area contributed by atoms with Gasteiger partial charge in [-0.2, -0.15) is 8.42 Å². The van der Waals surface area contributed by atoms with Crippen LogP contribution in [-0.2, 0) is 14.9 Å². The Kier molecular flexibility index (Phi) is 4.13. The van der Waals surface area contributed by atoms with E-state index in [0.29, 0.717) is 16.9 Å². The van der Waals surface area contributed by atoms with E-state index in [4.69, 9.17) is 4.18 Å². The first-order chi connectivity index (χ1) is 11.8. The van der Waals surface area contributed by atoms with E-state index in [1.165, 1.54) is 36.2 Å². The van der Waals surface area contributed by atoms with Crippen LogP contribution >= 0.6 is 0 Å². The molecule has 1 aliphatic rings. The number of para-hydroxylation sites is 1. The summed E-state index contributed by atoms with van der Waals surface area (Å²) in [6.45, 7) is 1.37. The number of pyridine rings is 1. The van der Waals surface area contributed by atoms with E-state index in [-0.39, 0.29) is 23.1 Å². The van der Waals surface area contributed by atoms with Crippen molar-refractivity contribution in [2.45, 2.75) is 6.92 Å². The molecule has 2 heterocycles. The quantitative estimate of drug-likeness (QED) is 0.615. The van der Waals surface area contributed by atoms with Gasteiger partial charge < -0.3 is 4.18 Å². The van der Waals surface area contributed by atoms with Crippen molar-refractivity contribution >= 4 is 33.6 Å². The fraction of sp³-hybridized carbons (Fsp3) is 0.118. The van der Waals surface area contributed by atoms with Crippen LogP contribution in [0.1, 0.15) is 23.0 Å². The number of hydrogen-bond donors (Lipinski definition) is 0. The molecule has 128 valence electrons. The Morgan fingerprint density at radius 2 is 1.92 bits per heavy atom. The zero-order valence-corrected chi connectivity index (χ0v) is 14.3. The zero-order chi connectivity index (χ0) is 18.2. The number of allylic oxidation sites excluding steroid dienone is 1. The standard InChI is InChI=1S/C17H14N2O5S/c1-11(20)19-15-6-4-3-5-14(15)17(21)16(19)9-12-7-8-13(10-18-12)24-25(2,22)23/h3-10H,1-2H3/b16-9+. The molecule has 0 atom stereocenters. The molecule has 1 aliphatic heterocycles. The van der Waals surface area contributed by atoms with Crippen molar-refractivity contribution in [2.24, 2.45) is 0 Å². The number of anilines is 1. The molecule has 0 saturated heterocycles. The second-order valence-electron chi connectivity index (χ2n) is 5.44. The number of hydrogen-bond acceptors (Lipinski definition) is 6. The van der Waals surface area contributed by atoms with Crippen molar-refractivity contribution in [1.82, 2.24) is 4.98 Å². The molecule has 1 aromatic carbocycles. The van der Waals surface area contributed by atoms with Gasteiger partial charge in [0.05, 0.1) is 29.5 Å². The van der Waals surface area contributed by atoms with Gasteiger partial charge in [0.1, 0.15) is 0 Å². The van der Waals surface area contributed by atoms with Gasteiger partial charge in [0, 0.05) is 12.5 Å². The van der Waals surface area contributed by atoms with Crippen LogP contribution in [0.25, 0.3) is 6.08 Å². The van der Waals surface area contributed by atoms with Gasteiger partial charge >= 0.3 is 10.1 Å². The summed E-state index contributed by atoms with van der Waals surface area (Å²) in [4.78, 5) is 30.0. The van der Waals surface area contributed by atoms with E-state index >= 15 is 0 Å². The lowest BCUT2D eigenvalue weighted by molar-refractivity contribution is -0.116. The van der Waals surface area contributed by atoms with E-state index < -0.39 is 10.1 Å². The van der Waals surface area contributed by atoms with Crippen molar-refractivity contribution < 1.29 is 22.2 Å². The van der Waals surface area contributed by atoms with Crippen molar-refractivity contribution in [2.75, 3.05) is 11.2 Å². The number of carbonyl (C=O) groups is 2. The minimum absolute atomic E-state index is 0.0640. The second-order valence-corrected chi connectivity index (χ2v) is 7.01. The Balaban J connectivity index is 1.98. The maximum absolute atomic E-state index is 12.6. The lowest BCUT2D eigenvalue weighted by Gasteiger charge is -2.15. The van der Waals surface area contributed by atoms with Crippen LogP contribution in [0.3, 0.4) is 0 Å². The van der Waals surface area contributed by atoms with E-state index in [9.17, 15) is 18.0 Å². The molecular weight excluding hydrogens is 344 g/mol. The third-order valence-electron chi connectivity index (χ3n) is 3.47. The van der Waals surface area contributed by atoms with Gasteiger partial charge in [-0.1, -0.05) is 12.1 Å². The summed E-state index contributed by atoms with van der Waals surface area (Å²) < 4.78 is 26.9. The van der Waals surface area contributed by atoms with Crippen LogP contribution in [0.5, 0.6) is 5.75 Å². The Morgan fingerprint density at radius 1 is 1.20 bits per heavy atom. The molecular formula is C17H14N2O5S. The topological polar surface area (TPSA) is 93.6 Å². The number of fused-ring (bicyclic) bond motifs is 1. The molecule has 1 aromatic heterocycles. The summed E-state index contributed by atoms with van der Waals surface area (Å²) in [7, 11) is -3.64. The molecule has 2 aromatic rings. The van der Waals surface area contributed by atoms with Gasteiger partial charge in [-0.15, -0.1) is 0 Å². The molecule has 1 amide bonds. The summed E-state index contributed by atoms with van der Waals surface area (Å²) >= 11 is 0. The highest BCUT2D eigenvalue weighted by Crippen LogP contribution is 2.35. The van der Waals surface area contributed by atoms with Gasteiger partial charge in [0.25, 0.3) is 0 Å². The number of amides is 1. The molecule has 0 bridgehead atoms. The van der Waals surface area contributed by atoms with Gasteiger partial charge in [0.15, 0.2) is 5.75 Å². The first-order valence-electron chi connectivity index (χ1n) is 7.28. The summed E-state index contributed by atoms with van der Waals surface area (Å²) in [5.41, 5.74) is 1.56. The van der Waals surface area contributed by atoms with Crippen LogP contribution in [-0.4, -0.2) is 31.3 Å². The van der Waals surface area contributed by atoms with E-state index in [1.807, 2.05) is 0 Å². The van der Waals surface area contributed by atoms with Gasteiger partial charge in [0.2, 0.25) is 11.7 Å². The van der Waals surface area contributed by atoms with Crippen LogP contribution in [0.4, 0.5) is 5.69 Å². The molecule has 7 nitrogen and oxygen atoms in total. The summed E-state index contributed by atoms with van der Waals surface area (Å²) in [5, 5.41) is 0. The number of aromatic nitrogens is 1. The highest BCUT2D eigenvalue weighted by atomic mass is 32.2. The summed E-state index contributed by atoms with van der Waals surface area (Å²) in [5.74, 6) is -0.500. The highest BCUT2D eigenvalue weighted by molar-refractivity contribution is 7.86. The Bertz CT molecular complexity index is 994. The monoisotopic (exact) mass is 358 g/mol. The van der Waals surface area contributed by atoms with E-state index in [0.717, 1.165) is 6.26 Å². The van der Waals surface area contributed by atoms with Crippen molar-refractivity contribution in [1.29, 1.82) is 0 Å². The van der Waals surface area contributed by atoms with E-state index in [2.05, 4.69) is 4.98 Å². The number of Topliss-reactive ketones (excluding diaryl/α,β-unsaturated/α-hetero) is 1. The molecule has 0 unspecified atom stereocenters. The maximum atomic E-state index is 12.6. The molecule has 8 heteroatoms. The first kappa shape index (κ1) is 16.8. The highest BCUT2D eigenvalue weighted by Gasteiger charge is 2.34. The molecule has 0 N–H and O–H groups in total. The smallest absolute Gasteiger partial charge is 0.306 e. The fourth-order valence-corrected chi connectivity index (χ4v) is 2.99. The molecule has 0 fully saturated rings. The minimum Gasteiger partial charge on any atom is -0.381 e. The predicted molar refractivity (Wildman–Crippen MR) is 91.6 cm³/mol. The average Bonchev–Trinajstić information content (AvgIpc) is 2.81. The molecule has 0 aliphatic carbocycles. The second kappa shape index (κ2) is 6.14. The SMILES string of the molecule is CC(=O)N1/C(=C/c2ccc(OS(C)(=O)=O)cn2)C(=O)c2ccccc21. The van der Waals surface area contributed by atoms with Crippen LogP contribution < -0.4 is 9.08 Å². The normalized spacial score (nSPS) is 15.4. The lowest BCUT2D eigenvalue weighted by atomic mass is 10.1. The van der Waals surface area contributed by atoms with Crippen LogP contribution in [0.15, 0.2) is 48.3 Å². The van der Waals surface area contributed by atoms with Crippen molar-refractivity contribution in [3.8, 4) is 5.75 Å². The minimum atomic E-state index is -3.64. The molecule has 0 radical (unpaired) electrons. The zero-order valence-electron chi connectivity index (χ0n) is 13.5. The summed E-state index contributed by atoms with van der Waals surface area (Å²) in [6, 6.07) is 9.76. The third-order valence-corrected chi connectivity index (χ3v) is 3.96. The van der Waals surface area contributed by atoms with Crippen LogP contribution in [0.2, 0.25) is 0 Å². The van der Waals surface area contributed by atoms with Crippen molar-refractivity contribution in [3.63, 3.8) is 0 Å². The Labute approximate surface area is 144 Å². The fourth-order valence-electron chi connectivity index (χ4n) is 2.54. The molecule has 0 spiro atoms. The van der Waals surface area contributed by atoms with Gasteiger partial charge in [-0.25, -0.2) is 0 Å². The first-order valence-corrected chi connectivity index (χ1v) is 9.09. The van der Waals surface area contributed by atoms with Gasteiger partial charge in [-0.05, 0) is 30.3 Å². The van der Waals surface area contributed by atoms with E-state index in [1.54, 1.807) is 24.3 Å². The number of benzene rings is 1. The Morgan fingerprint density at radius 3 is 2.52 bits per heavy atom. The molecule has 3 rings (SSSR count). The van der Waals surface area contributed by atoms with Crippen LogP contribution in [0, 0.1) is 0 Å².